The second-order valence-corrected chi connectivity index (χ2v) is 4.17. The third-order valence-electron chi connectivity index (χ3n) is 2.72. The molecule has 0 aliphatic carbocycles. The molecular formula is C13H17N3. The molecule has 1 aromatic carbocycles. The molecule has 0 radical (unpaired) electrons. The van der Waals surface area contributed by atoms with Gasteiger partial charge in [0.15, 0.2) is 0 Å². The van der Waals surface area contributed by atoms with E-state index in [1.807, 2.05) is 13.1 Å². The number of nitrogens with zero attached hydrogens (tertiary/aromatic N) is 2. The molecule has 0 saturated heterocycles. The van der Waals surface area contributed by atoms with E-state index < -0.39 is 0 Å². The maximum atomic E-state index is 5.73. The summed E-state index contributed by atoms with van der Waals surface area (Å²) < 4.78 is 1.71. The zero-order valence-corrected chi connectivity index (χ0v) is 9.77. The molecule has 16 heavy (non-hydrogen) atoms. The van der Waals surface area contributed by atoms with Crippen LogP contribution in [0.3, 0.4) is 0 Å². The van der Waals surface area contributed by atoms with Gasteiger partial charge in [0, 0.05) is 13.1 Å². The average molecular weight is 215 g/mol. The van der Waals surface area contributed by atoms with Gasteiger partial charge in [-0.05, 0) is 25.3 Å². The smallest absolute Gasteiger partial charge is 0.121 e. The topological polar surface area (TPSA) is 43.8 Å². The van der Waals surface area contributed by atoms with Gasteiger partial charge < -0.3 is 5.73 Å². The summed E-state index contributed by atoms with van der Waals surface area (Å²) in [5, 5.41) is 4.34. The highest BCUT2D eigenvalue weighted by molar-refractivity contribution is 5.31. The van der Waals surface area contributed by atoms with Gasteiger partial charge in [-0.2, -0.15) is 5.10 Å². The van der Waals surface area contributed by atoms with Crippen LogP contribution in [0, 0.1) is 6.92 Å². The Morgan fingerprint density at radius 1 is 1.25 bits per heavy atom. The molecule has 0 unspecified atom stereocenters. The molecule has 2 rings (SSSR count). The Morgan fingerprint density at radius 3 is 2.69 bits per heavy atom. The number of nitrogen functional groups attached to an aromatic ring is 1. The van der Waals surface area contributed by atoms with Crippen molar-refractivity contribution in [1.29, 1.82) is 0 Å². The van der Waals surface area contributed by atoms with E-state index in [1.54, 1.807) is 4.68 Å². The first-order valence-electron chi connectivity index (χ1n) is 5.49. The molecule has 84 valence electrons. The zero-order chi connectivity index (χ0) is 11.5. The maximum absolute atomic E-state index is 5.73. The van der Waals surface area contributed by atoms with Crippen LogP contribution in [-0.2, 0) is 19.9 Å². The van der Waals surface area contributed by atoms with Crippen LogP contribution in [0.4, 0.5) is 5.82 Å². The highest BCUT2D eigenvalue weighted by Gasteiger charge is 2.02. The fraction of sp³-hybridized carbons (Fsp3) is 0.308. The van der Waals surface area contributed by atoms with Gasteiger partial charge >= 0.3 is 0 Å². The van der Waals surface area contributed by atoms with E-state index >= 15 is 0 Å². The molecule has 2 aromatic rings. The number of anilines is 1. The molecule has 0 bridgehead atoms. The lowest BCUT2D eigenvalue weighted by Crippen LogP contribution is -1.97. The molecule has 0 spiro atoms. The van der Waals surface area contributed by atoms with Crippen LogP contribution in [0.15, 0.2) is 30.3 Å². The molecule has 0 atom stereocenters. The van der Waals surface area contributed by atoms with Crippen molar-refractivity contribution in [2.45, 2.75) is 19.8 Å². The molecule has 1 heterocycles. The van der Waals surface area contributed by atoms with Crippen LogP contribution >= 0.6 is 0 Å². The van der Waals surface area contributed by atoms with Crippen molar-refractivity contribution in [2.24, 2.45) is 7.05 Å². The summed E-state index contributed by atoms with van der Waals surface area (Å²) in [4.78, 5) is 0. The van der Waals surface area contributed by atoms with E-state index in [4.69, 9.17) is 5.73 Å². The van der Waals surface area contributed by atoms with Crippen molar-refractivity contribution < 1.29 is 0 Å². The zero-order valence-electron chi connectivity index (χ0n) is 9.77. The Morgan fingerprint density at radius 2 is 2.06 bits per heavy atom. The Kier molecular flexibility index (Phi) is 2.95. The fourth-order valence-electron chi connectivity index (χ4n) is 1.81. The van der Waals surface area contributed by atoms with E-state index in [1.165, 1.54) is 11.1 Å². The minimum absolute atomic E-state index is 0.722. The lowest BCUT2D eigenvalue weighted by atomic mass is 10.1. The van der Waals surface area contributed by atoms with E-state index in [0.717, 1.165) is 24.4 Å². The van der Waals surface area contributed by atoms with Crippen LogP contribution in [0.2, 0.25) is 0 Å². The Balaban J connectivity index is 2.02. The fourth-order valence-corrected chi connectivity index (χ4v) is 1.81. The molecule has 3 nitrogen and oxygen atoms in total. The number of nitrogens with two attached hydrogens (primary N) is 1. The van der Waals surface area contributed by atoms with E-state index in [9.17, 15) is 0 Å². The number of aromatic nitrogens is 2. The largest absolute Gasteiger partial charge is 0.384 e. The van der Waals surface area contributed by atoms with Gasteiger partial charge in [0.1, 0.15) is 5.82 Å². The highest BCUT2D eigenvalue weighted by atomic mass is 15.3. The summed E-state index contributed by atoms with van der Waals surface area (Å²) >= 11 is 0. The second-order valence-electron chi connectivity index (χ2n) is 4.17. The molecular weight excluding hydrogens is 198 g/mol. The highest BCUT2D eigenvalue weighted by Crippen LogP contribution is 2.10. The number of benzene rings is 1. The third kappa shape index (κ3) is 2.42. The normalized spacial score (nSPS) is 10.6. The Hall–Kier alpha value is -1.77. The van der Waals surface area contributed by atoms with Crippen LogP contribution in [0.1, 0.15) is 16.8 Å². The van der Waals surface area contributed by atoms with Gasteiger partial charge in [0.2, 0.25) is 0 Å². The quantitative estimate of drug-likeness (QED) is 0.852. The van der Waals surface area contributed by atoms with Crippen molar-refractivity contribution in [2.75, 3.05) is 5.73 Å². The van der Waals surface area contributed by atoms with Crippen molar-refractivity contribution in [3.63, 3.8) is 0 Å². The van der Waals surface area contributed by atoms with Gasteiger partial charge in [0.05, 0.1) is 5.69 Å². The molecule has 0 fully saturated rings. The minimum Gasteiger partial charge on any atom is -0.384 e. The van der Waals surface area contributed by atoms with E-state index in [0.29, 0.717) is 0 Å². The number of rotatable bonds is 3. The van der Waals surface area contributed by atoms with Gasteiger partial charge in [0.25, 0.3) is 0 Å². The maximum Gasteiger partial charge on any atom is 0.121 e. The lowest BCUT2D eigenvalue weighted by molar-refractivity contribution is 0.745. The predicted octanol–water partition coefficient (Wildman–Crippen LogP) is 2.10. The first-order valence-corrected chi connectivity index (χ1v) is 5.49. The minimum atomic E-state index is 0.722. The van der Waals surface area contributed by atoms with E-state index in [-0.39, 0.29) is 0 Å². The van der Waals surface area contributed by atoms with Crippen molar-refractivity contribution >= 4 is 5.82 Å². The predicted molar refractivity (Wildman–Crippen MR) is 66.2 cm³/mol. The summed E-state index contributed by atoms with van der Waals surface area (Å²) in [5.74, 6) is 0.722. The first-order chi connectivity index (χ1) is 7.65. The lowest BCUT2D eigenvalue weighted by Gasteiger charge is -2.00. The standard InChI is InChI=1S/C13H17N3/c1-10-4-3-5-11(8-10)6-7-12-9-13(14)16(2)15-12/h3-5,8-9H,6-7,14H2,1-2H3. The summed E-state index contributed by atoms with van der Waals surface area (Å²) in [6, 6.07) is 10.5. The average Bonchev–Trinajstić information content (AvgIpc) is 2.56. The SMILES string of the molecule is Cc1cccc(CCc2cc(N)n(C)n2)c1. The van der Waals surface area contributed by atoms with Crippen molar-refractivity contribution in [1.82, 2.24) is 9.78 Å². The first kappa shape index (κ1) is 10.7. The summed E-state index contributed by atoms with van der Waals surface area (Å²) in [5.41, 5.74) is 9.45. The second kappa shape index (κ2) is 4.39. The van der Waals surface area contributed by atoms with Gasteiger partial charge in [-0.15, -0.1) is 0 Å². The van der Waals surface area contributed by atoms with Crippen LogP contribution < -0.4 is 5.73 Å². The molecule has 0 amide bonds. The summed E-state index contributed by atoms with van der Waals surface area (Å²) in [7, 11) is 1.87. The molecule has 0 aliphatic heterocycles. The number of aryl methyl sites for hydroxylation is 4. The van der Waals surface area contributed by atoms with Gasteiger partial charge in [-0.1, -0.05) is 29.8 Å². The Bertz CT molecular complexity index is 466. The van der Waals surface area contributed by atoms with Crippen LogP contribution in [0.25, 0.3) is 0 Å². The van der Waals surface area contributed by atoms with Crippen LogP contribution in [0.5, 0.6) is 0 Å². The summed E-state index contributed by atoms with van der Waals surface area (Å²) in [6.07, 6.45) is 1.95. The molecule has 1 aromatic heterocycles. The Labute approximate surface area is 95.9 Å². The monoisotopic (exact) mass is 215 g/mol. The van der Waals surface area contributed by atoms with Crippen molar-refractivity contribution in [3.05, 3.63) is 47.2 Å². The molecule has 2 N–H and O–H groups in total. The van der Waals surface area contributed by atoms with Gasteiger partial charge in [-0.3, -0.25) is 4.68 Å². The third-order valence-corrected chi connectivity index (χ3v) is 2.72. The number of hydrogen-bond acceptors (Lipinski definition) is 2. The van der Waals surface area contributed by atoms with Crippen molar-refractivity contribution in [3.8, 4) is 0 Å². The molecule has 3 heteroatoms. The number of hydrogen-bond donors (Lipinski definition) is 1. The molecule has 0 aliphatic rings. The van der Waals surface area contributed by atoms with Crippen LogP contribution in [-0.4, -0.2) is 9.78 Å². The van der Waals surface area contributed by atoms with Gasteiger partial charge in [-0.25, -0.2) is 0 Å². The summed E-state index contributed by atoms with van der Waals surface area (Å²) in [6.45, 7) is 2.11. The molecule has 0 saturated carbocycles. The van der Waals surface area contributed by atoms with E-state index in [2.05, 4.69) is 36.3 Å².